The van der Waals surface area contributed by atoms with Crippen molar-refractivity contribution in [1.82, 2.24) is 0 Å². The Hall–Kier alpha value is -1.69. The van der Waals surface area contributed by atoms with E-state index in [1.165, 1.54) is 18.2 Å². The van der Waals surface area contributed by atoms with E-state index in [1.54, 1.807) is 0 Å². The van der Waals surface area contributed by atoms with Crippen LogP contribution in [0.3, 0.4) is 0 Å². The first-order valence-electron chi connectivity index (χ1n) is 5.56. The van der Waals surface area contributed by atoms with Crippen molar-refractivity contribution in [3.63, 3.8) is 0 Å². The maximum atomic E-state index is 13.7. The average Bonchev–Trinajstić information content (AvgIpc) is 2.25. The molecule has 0 atom stereocenters. The Morgan fingerprint density at radius 1 is 1.39 bits per heavy atom. The van der Waals surface area contributed by atoms with E-state index in [0.717, 1.165) is 6.07 Å². The smallest absolute Gasteiger partial charge is 0.352 e. The lowest BCUT2D eigenvalue weighted by atomic mass is 9.75. The van der Waals surface area contributed by atoms with E-state index in [4.69, 9.17) is 5.11 Å². The molecule has 4 nitrogen and oxygen atoms in total. The van der Waals surface area contributed by atoms with Gasteiger partial charge in [-0.3, -0.25) is 4.79 Å². The Morgan fingerprint density at radius 2 is 2.06 bits per heavy atom. The topological polar surface area (TPSA) is 69.6 Å². The van der Waals surface area contributed by atoms with Crippen LogP contribution in [-0.4, -0.2) is 27.6 Å². The fourth-order valence-electron chi connectivity index (χ4n) is 1.83. The predicted molar refractivity (Wildman–Crippen MR) is 60.5 cm³/mol. The second-order valence-electron chi connectivity index (χ2n) is 4.46. The fraction of sp³-hybridized carbons (Fsp3) is 0.417. The van der Waals surface area contributed by atoms with E-state index < -0.39 is 17.4 Å². The van der Waals surface area contributed by atoms with Crippen molar-refractivity contribution < 1.29 is 23.8 Å². The number of amides is 1. The van der Waals surface area contributed by atoms with Crippen molar-refractivity contribution in [1.29, 1.82) is 0 Å². The zero-order valence-corrected chi connectivity index (χ0v) is 9.49. The molecule has 0 heterocycles. The van der Waals surface area contributed by atoms with E-state index in [9.17, 15) is 18.7 Å². The number of benzene rings is 1. The summed E-state index contributed by atoms with van der Waals surface area (Å²) < 4.78 is 27.4. The summed E-state index contributed by atoms with van der Waals surface area (Å²) in [7, 11) is 0. The first kappa shape index (κ1) is 12.8. The SMILES string of the molecule is O=C(Nc1cccc(O)c1)C(F)(F)C1(O)CCC1. The molecule has 3 N–H and O–H groups in total. The molecule has 0 unspecified atom stereocenters. The molecule has 98 valence electrons. The number of hydrogen-bond acceptors (Lipinski definition) is 3. The molecular weight excluding hydrogens is 244 g/mol. The number of carbonyl (C=O) groups excluding carboxylic acids is 1. The maximum absolute atomic E-state index is 13.7. The summed E-state index contributed by atoms with van der Waals surface area (Å²) in [5, 5.41) is 20.7. The Morgan fingerprint density at radius 3 is 2.56 bits per heavy atom. The highest BCUT2D eigenvalue weighted by molar-refractivity contribution is 5.97. The number of anilines is 1. The van der Waals surface area contributed by atoms with Crippen LogP contribution < -0.4 is 5.32 Å². The highest BCUT2D eigenvalue weighted by Crippen LogP contribution is 2.44. The number of aliphatic hydroxyl groups is 1. The fourth-order valence-corrected chi connectivity index (χ4v) is 1.83. The summed E-state index contributed by atoms with van der Waals surface area (Å²) in [6.45, 7) is 0. The zero-order valence-electron chi connectivity index (χ0n) is 9.49. The van der Waals surface area contributed by atoms with Crippen molar-refractivity contribution in [2.75, 3.05) is 5.32 Å². The van der Waals surface area contributed by atoms with Gasteiger partial charge in [-0.15, -0.1) is 0 Å². The Labute approximate surface area is 102 Å². The molecule has 6 heteroatoms. The highest BCUT2D eigenvalue weighted by Gasteiger charge is 2.61. The van der Waals surface area contributed by atoms with E-state index in [1.807, 2.05) is 5.32 Å². The van der Waals surface area contributed by atoms with Gasteiger partial charge in [0, 0.05) is 11.8 Å². The molecule has 0 bridgehead atoms. The number of phenolic OH excluding ortho intramolecular Hbond substituents is 1. The van der Waals surface area contributed by atoms with Crippen molar-refractivity contribution in [3.8, 4) is 5.75 Å². The van der Waals surface area contributed by atoms with Gasteiger partial charge >= 0.3 is 5.92 Å². The van der Waals surface area contributed by atoms with Crippen LogP contribution in [0.25, 0.3) is 0 Å². The van der Waals surface area contributed by atoms with Gasteiger partial charge in [-0.2, -0.15) is 8.78 Å². The Kier molecular flexibility index (Phi) is 2.98. The van der Waals surface area contributed by atoms with Crippen molar-refractivity contribution in [2.45, 2.75) is 30.8 Å². The molecule has 0 aliphatic heterocycles. The van der Waals surface area contributed by atoms with E-state index in [-0.39, 0.29) is 24.3 Å². The number of hydrogen-bond donors (Lipinski definition) is 3. The molecule has 1 aliphatic carbocycles. The average molecular weight is 257 g/mol. The van der Waals surface area contributed by atoms with Crippen molar-refractivity contribution in [3.05, 3.63) is 24.3 Å². The number of alkyl halides is 2. The van der Waals surface area contributed by atoms with Gasteiger partial charge in [-0.05, 0) is 31.4 Å². The molecule has 0 spiro atoms. The van der Waals surface area contributed by atoms with Gasteiger partial charge in [0.1, 0.15) is 11.4 Å². The van der Waals surface area contributed by atoms with Gasteiger partial charge in [0.2, 0.25) is 0 Å². The molecule has 2 rings (SSSR count). The van der Waals surface area contributed by atoms with Crippen molar-refractivity contribution >= 4 is 11.6 Å². The van der Waals surface area contributed by atoms with Crippen LogP contribution >= 0.6 is 0 Å². The minimum atomic E-state index is -3.84. The monoisotopic (exact) mass is 257 g/mol. The highest BCUT2D eigenvalue weighted by atomic mass is 19.3. The minimum absolute atomic E-state index is 0.0580. The van der Waals surface area contributed by atoms with Gasteiger partial charge < -0.3 is 15.5 Å². The summed E-state index contributed by atoms with van der Waals surface area (Å²) in [5.41, 5.74) is -2.18. The molecular formula is C12H13F2NO3. The molecule has 1 aliphatic rings. The van der Waals surface area contributed by atoms with Crippen LogP contribution in [0.1, 0.15) is 19.3 Å². The third-order valence-electron chi connectivity index (χ3n) is 3.15. The molecule has 1 amide bonds. The van der Waals surface area contributed by atoms with Gasteiger partial charge in [0.25, 0.3) is 5.91 Å². The van der Waals surface area contributed by atoms with Crippen LogP contribution in [0.2, 0.25) is 0 Å². The first-order chi connectivity index (χ1) is 8.35. The summed E-state index contributed by atoms with van der Waals surface area (Å²) in [5.74, 6) is -5.54. The number of aromatic hydroxyl groups is 1. The maximum Gasteiger partial charge on any atom is 0.352 e. The number of halogens is 2. The molecule has 0 aromatic heterocycles. The summed E-state index contributed by atoms with van der Waals surface area (Å²) >= 11 is 0. The lowest BCUT2D eigenvalue weighted by molar-refractivity contribution is -0.212. The van der Waals surface area contributed by atoms with Gasteiger partial charge in [-0.1, -0.05) is 6.07 Å². The lowest BCUT2D eigenvalue weighted by Crippen LogP contribution is -2.59. The standard InChI is InChI=1S/C12H13F2NO3/c13-12(14,11(18)5-2-6-11)10(17)15-8-3-1-4-9(16)7-8/h1,3-4,7,16,18H,2,5-6H2,(H,15,17). The molecule has 1 aromatic carbocycles. The molecule has 0 saturated heterocycles. The second kappa shape index (κ2) is 4.20. The normalized spacial score (nSPS) is 17.9. The van der Waals surface area contributed by atoms with Crippen LogP contribution in [0.5, 0.6) is 5.75 Å². The number of carbonyl (C=O) groups is 1. The van der Waals surface area contributed by atoms with Crippen LogP contribution in [0, 0.1) is 0 Å². The minimum Gasteiger partial charge on any atom is -0.508 e. The molecule has 1 saturated carbocycles. The van der Waals surface area contributed by atoms with Crippen LogP contribution in [-0.2, 0) is 4.79 Å². The van der Waals surface area contributed by atoms with E-state index in [2.05, 4.69) is 0 Å². The van der Waals surface area contributed by atoms with Crippen LogP contribution in [0.15, 0.2) is 24.3 Å². The quantitative estimate of drug-likeness (QED) is 0.774. The summed E-state index contributed by atoms with van der Waals surface area (Å²) in [6.07, 6.45) is 0.298. The van der Waals surface area contributed by atoms with Crippen LogP contribution in [0.4, 0.5) is 14.5 Å². The van der Waals surface area contributed by atoms with Crippen molar-refractivity contribution in [2.24, 2.45) is 0 Å². The van der Waals surface area contributed by atoms with Gasteiger partial charge in [-0.25, -0.2) is 0 Å². The zero-order chi connectivity index (χ0) is 13.4. The molecule has 18 heavy (non-hydrogen) atoms. The largest absolute Gasteiger partial charge is 0.508 e. The number of rotatable bonds is 3. The lowest BCUT2D eigenvalue weighted by Gasteiger charge is -2.41. The third kappa shape index (κ3) is 2.03. The number of nitrogens with one attached hydrogen (secondary N) is 1. The Bertz CT molecular complexity index is 472. The van der Waals surface area contributed by atoms with E-state index >= 15 is 0 Å². The molecule has 0 radical (unpaired) electrons. The van der Waals surface area contributed by atoms with Gasteiger partial charge in [0.05, 0.1) is 0 Å². The molecule has 1 fully saturated rings. The summed E-state index contributed by atoms with van der Waals surface area (Å²) in [6, 6.07) is 5.30. The summed E-state index contributed by atoms with van der Waals surface area (Å²) in [4.78, 5) is 11.5. The number of phenols is 1. The van der Waals surface area contributed by atoms with Gasteiger partial charge in [0.15, 0.2) is 0 Å². The Balaban J connectivity index is 2.12. The van der Waals surface area contributed by atoms with E-state index in [0.29, 0.717) is 6.42 Å². The third-order valence-corrected chi connectivity index (χ3v) is 3.15. The predicted octanol–water partition coefficient (Wildman–Crippen LogP) is 1.88. The molecule has 1 aromatic rings. The first-order valence-corrected chi connectivity index (χ1v) is 5.56. The second-order valence-corrected chi connectivity index (χ2v) is 4.46.